The number of morpholine rings is 1. The van der Waals surface area contributed by atoms with E-state index >= 15 is 0 Å². The Hall–Kier alpha value is -3.80. The maximum Gasteiger partial charge on any atom is 0.416 e. The number of benzene rings is 1. The van der Waals surface area contributed by atoms with Crippen LogP contribution < -0.4 is 15.5 Å². The Bertz CT molecular complexity index is 1150. The quantitative estimate of drug-likeness (QED) is 0.392. The predicted octanol–water partition coefficient (Wildman–Crippen LogP) is 3.90. The minimum Gasteiger partial charge on any atom is -0.378 e. The van der Waals surface area contributed by atoms with Crippen molar-refractivity contribution in [3.05, 3.63) is 65.9 Å². The molecule has 0 saturated carbocycles. The lowest BCUT2D eigenvalue weighted by atomic mass is 10.2. The number of hydrogen-bond donors (Lipinski definition) is 2. The first kappa shape index (κ1) is 23.4. The highest BCUT2D eigenvalue weighted by Crippen LogP contribution is 2.31. The molecule has 1 saturated heterocycles. The molecule has 0 radical (unpaired) electrons. The zero-order valence-electron chi connectivity index (χ0n) is 17.8. The third kappa shape index (κ3) is 5.76. The number of carbonyl (C=O) groups excluding carboxylic acids is 1. The van der Waals surface area contributed by atoms with Crippen LogP contribution in [0, 0.1) is 5.82 Å². The molecule has 0 aliphatic carbocycles. The van der Waals surface area contributed by atoms with Crippen molar-refractivity contribution in [2.24, 2.45) is 0 Å². The van der Waals surface area contributed by atoms with E-state index in [1.165, 1.54) is 30.5 Å². The third-order valence-electron chi connectivity index (χ3n) is 4.97. The highest BCUT2D eigenvalue weighted by atomic mass is 19.4. The summed E-state index contributed by atoms with van der Waals surface area (Å²) in [6, 6.07) is 7.73. The minimum atomic E-state index is -4.45. The average molecular weight is 476 g/mol. The molecule has 1 aliphatic rings. The number of aromatic nitrogens is 3. The Morgan fingerprint density at radius 3 is 2.56 bits per heavy atom. The zero-order valence-corrected chi connectivity index (χ0v) is 17.8. The molecule has 3 aromatic rings. The Morgan fingerprint density at radius 2 is 1.85 bits per heavy atom. The Labute approximate surface area is 192 Å². The van der Waals surface area contributed by atoms with Gasteiger partial charge in [-0.2, -0.15) is 18.2 Å². The van der Waals surface area contributed by atoms with E-state index in [4.69, 9.17) is 4.74 Å². The van der Waals surface area contributed by atoms with Crippen molar-refractivity contribution in [2.75, 3.05) is 48.4 Å². The topological polar surface area (TPSA) is 92.3 Å². The van der Waals surface area contributed by atoms with Crippen molar-refractivity contribution in [1.29, 1.82) is 0 Å². The molecule has 2 aromatic heterocycles. The Morgan fingerprint density at radius 1 is 1.06 bits per heavy atom. The van der Waals surface area contributed by atoms with Crippen molar-refractivity contribution in [1.82, 2.24) is 15.0 Å². The summed E-state index contributed by atoms with van der Waals surface area (Å²) in [5.41, 5.74) is 0.0171. The standard InChI is InChI=1S/C22H20F4N6O2/c23-17-12-28-21(31-20(17)32-6-8-34-9-7-32)29-13-19(33)18-5-4-16(11-27-18)30-15-3-1-2-14(10-15)22(24,25)26/h1-5,10-12,30H,6-9,13H2,(H,28,29,31). The van der Waals surface area contributed by atoms with Gasteiger partial charge in [0.1, 0.15) is 5.69 Å². The molecule has 0 amide bonds. The predicted molar refractivity (Wildman–Crippen MR) is 117 cm³/mol. The maximum atomic E-state index is 14.1. The molecule has 0 spiro atoms. The summed E-state index contributed by atoms with van der Waals surface area (Å²) >= 11 is 0. The van der Waals surface area contributed by atoms with Crippen molar-refractivity contribution in [2.45, 2.75) is 6.18 Å². The number of pyridine rings is 1. The van der Waals surface area contributed by atoms with Crippen LogP contribution in [0.15, 0.2) is 48.8 Å². The van der Waals surface area contributed by atoms with Gasteiger partial charge >= 0.3 is 6.18 Å². The zero-order chi connectivity index (χ0) is 24.1. The van der Waals surface area contributed by atoms with Crippen molar-refractivity contribution in [3.63, 3.8) is 0 Å². The number of anilines is 4. The molecule has 2 N–H and O–H groups in total. The van der Waals surface area contributed by atoms with Gasteiger partial charge in [-0.05, 0) is 30.3 Å². The summed E-state index contributed by atoms with van der Waals surface area (Å²) in [5.74, 6) is -0.703. The second-order valence-corrected chi connectivity index (χ2v) is 7.38. The number of ether oxygens (including phenoxy) is 1. The summed E-state index contributed by atoms with van der Waals surface area (Å²) in [7, 11) is 0. The van der Waals surface area contributed by atoms with Gasteiger partial charge in [0.2, 0.25) is 5.95 Å². The largest absolute Gasteiger partial charge is 0.416 e. The summed E-state index contributed by atoms with van der Waals surface area (Å²) in [6.45, 7) is 1.75. The number of nitrogens with one attached hydrogen (secondary N) is 2. The van der Waals surface area contributed by atoms with E-state index in [9.17, 15) is 22.4 Å². The molecule has 1 aromatic carbocycles. The second kappa shape index (κ2) is 10.00. The van der Waals surface area contributed by atoms with Gasteiger partial charge in [0.15, 0.2) is 17.4 Å². The van der Waals surface area contributed by atoms with Gasteiger partial charge in [0.25, 0.3) is 0 Å². The molecule has 8 nitrogen and oxygen atoms in total. The Balaban J connectivity index is 1.36. The van der Waals surface area contributed by atoms with Crippen molar-refractivity contribution >= 4 is 28.9 Å². The van der Waals surface area contributed by atoms with Gasteiger partial charge in [-0.15, -0.1) is 0 Å². The monoisotopic (exact) mass is 476 g/mol. The van der Waals surface area contributed by atoms with Gasteiger partial charge in [-0.1, -0.05) is 6.07 Å². The molecular formula is C22H20F4N6O2. The first-order chi connectivity index (χ1) is 16.3. The lowest BCUT2D eigenvalue weighted by molar-refractivity contribution is -0.137. The Kier molecular flexibility index (Phi) is 6.87. The number of Topliss-reactive ketones (excluding diaryl/α,β-unsaturated/α-hetero) is 1. The molecular weight excluding hydrogens is 456 g/mol. The third-order valence-corrected chi connectivity index (χ3v) is 4.97. The van der Waals surface area contributed by atoms with E-state index in [2.05, 4.69) is 25.6 Å². The van der Waals surface area contributed by atoms with E-state index in [0.717, 1.165) is 18.3 Å². The van der Waals surface area contributed by atoms with E-state index < -0.39 is 17.6 Å². The van der Waals surface area contributed by atoms with Crippen LogP contribution in [0.3, 0.4) is 0 Å². The number of hydrogen-bond acceptors (Lipinski definition) is 8. The smallest absolute Gasteiger partial charge is 0.378 e. The SMILES string of the molecule is O=C(CNc1ncc(F)c(N2CCOCC2)n1)c1ccc(Nc2cccc(C(F)(F)F)c2)cn1. The fourth-order valence-electron chi connectivity index (χ4n) is 3.26. The lowest BCUT2D eigenvalue weighted by Crippen LogP contribution is -2.37. The fraction of sp³-hybridized carbons (Fsp3) is 0.273. The molecule has 178 valence electrons. The van der Waals surface area contributed by atoms with E-state index in [1.807, 2.05) is 0 Å². The van der Waals surface area contributed by atoms with Gasteiger partial charge in [-0.25, -0.2) is 9.37 Å². The fourth-order valence-corrected chi connectivity index (χ4v) is 3.26. The molecule has 0 bridgehead atoms. The molecule has 3 heterocycles. The van der Waals surface area contributed by atoms with E-state index in [-0.39, 0.29) is 35.5 Å². The van der Waals surface area contributed by atoms with Crippen LogP contribution in [0.2, 0.25) is 0 Å². The number of carbonyl (C=O) groups is 1. The van der Waals surface area contributed by atoms with E-state index in [1.54, 1.807) is 4.90 Å². The first-order valence-corrected chi connectivity index (χ1v) is 10.3. The van der Waals surface area contributed by atoms with Crippen LogP contribution in [0.1, 0.15) is 16.1 Å². The molecule has 0 unspecified atom stereocenters. The van der Waals surface area contributed by atoms with Gasteiger partial charge in [0, 0.05) is 18.8 Å². The van der Waals surface area contributed by atoms with E-state index in [0.29, 0.717) is 32.0 Å². The molecule has 1 fully saturated rings. The van der Waals surface area contributed by atoms with Crippen LogP contribution >= 0.6 is 0 Å². The van der Waals surface area contributed by atoms with Gasteiger partial charge < -0.3 is 20.3 Å². The highest BCUT2D eigenvalue weighted by Gasteiger charge is 2.30. The summed E-state index contributed by atoms with van der Waals surface area (Å²) in [6.07, 6.45) is -2.06. The molecule has 1 aliphatic heterocycles. The minimum absolute atomic E-state index is 0.0964. The highest BCUT2D eigenvalue weighted by molar-refractivity contribution is 5.97. The molecule has 4 rings (SSSR count). The van der Waals surface area contributed by atoms with Gasteiger partial charge in [0.05, 0.1) is 43.4 Å². The lowest BCUT2D eigenvalue weighted by Gasteiger charge is -2.28. The van der Waals surface area contributed by atoms with Crippen molar-refractivity contribution in [3.8, 4) is 0 Å². The number of halogens is 4. The second-order valence-electron chi connectivity index (χ2n) is 7.38. The summed E-state index contributed by atoms with van der Waals surface area (Å²) in [4.78, 5) is 26.3. The summed E-state index contributed by atoms with van der Waals surface area (Å²) in [5, 5.41) is 5.59. The van der Waals surface area contributed by atoms with Crippen LogP contribution in [0.4, 0.5) is 40.7 Å². The molecule has 0 atom stereocenters. The first-order valence-electron chi connectivity index (χ1n) is 10.3. The maximum absolute atomic E-state index is 14.1. The summed E-state index contributed by atoms with van der Waals surface area (Å²) < 4.78 is 58.0. The van der Waals surface area contributed by atoms with Crippen LogP contribution in [-0.2, 0) is 10.9 Å². The number of rotatable bonds is 7. The normalized spacial score (nSPS) is 14.1. The van der Waals surface area contributed by atoms with Crippen LogP contribution in [-0.4, -0.2) is 53.6 Å². The van der Waals surface area contributed by atoms with Crippen molar-refractivity contribution < 1.29 is 27.1 Å². The number of ketones is 1. The van der Waals surface area contributed by atoms with Crippen LogP contribution in [0.5, 0.6) is 0 Å². The average Bonchev–Trinajstić information content (AvgIpc) is 2.84. The molecule has 34 heavy (non-hydrogen) atoms. The number of alkyl halides is 3. The number of nitrogens with zero attached hydrogens (tertiary/aromatic N) is 4. The van der Waals surface area contributed by atoms with Gasteiger partial charge in [-0.3, -0.25) is 9.78 Å². The molecule has 12 heteroatoms. The van der Waals surface area contributed by atoms with Crippen LogP contribution in [0.25, 0.3) is 0 Å².